The van der Waals surface area contributed by atoms with Crippen molar-refractivity contribution in [1.82, 2.24) is 4.90 Å². The average molecular weight is 269 g/mol. The summed E-state index contributed by atoms with van der Waals surface area (Å²) >= 11 is 1.42. The lowest BCUT2D eigenvalue weighted by Crippen LogP contribution is -2.42. The summed E-state index contributed by atoms with van der Waals surface area (Å²) < 4.78 is 12.7. The summed E-state index contributed by atoms with van der Waals surface area (Å²) in [5, 5.41) is 8.98. The van der Waals surface area contributed by atoms with Gasteiger partial charge < -0.3 is 10.0 Å². The quantitative estimate of drug-likeness (QED) is 0.900. The van der Waals surface area contributed by atoms with E-state index >= 15 is 0 Å². The summed E-state index contributed by atoms with van der Waals surface area (Å²) in [6, 6.07) is 4.90. The molecule has 1 heterocycles. The van der Waals surface area contributed by atoms with Gasteiger partial charge in [-0.1, -0.05) is 12.1 Å². The van der Waals surface area contributed by atoms with Crippen LogP contribution in [0.25, 0.3) is 0 Å². The lowest BCUT2D eigenvalue weighted by Gasteiger charge is -2.20. The molecule has 1 fully saturated rings. The van der Waals surface area contributed by atoms with Crippen LogP contribution in [-0.2, 0) is 16.0 Å². The summed E-state index contributed by atoms with van der Waals surface area (Å²) in [5.41, 5.74) is 0.683. The van der Waals surface area contributed by atoms with Crippen LogP contribution < -0.4 is 0 Å². The van der Waals surface area contributed by atoms with Crippen molar-refractivity contribution in [2.75, 3.05) is 11.6 Å². The number of rotatable bonds is 3. The predicted molar refractivity (Wildman–Crippen MR) is 65.7 cm³/mol. The van der Waals surface area contributed by atoms with Gasteiger partial charge in [-0.2, -0.15) is 0 Å². The molecule has 0 radical (unpaired) electrons. The summed E-state index contributed by atoms with van der Waals surface area (Å²) in [4.78, 5) is 24.3. The van der Waals surface area contributed by atoms with Gasteiger partial charge in [0.1, 0.15) is 11.9 Å². The number of aliphatic carboxylic acids is 1. The molecule has 6 heteroatoms. The minimum Gasteiger partial charge on any atom is -0.480 e. The smallest absolute Gasteiger partial charge is 0.327 e. The van der Waals surface area contributed by atoms with E-state index in [9.17, 15) is 14.0 Å². The first-order valence-electron chi connectivity index (χ1n) is 5.42. The molecule has 1 aliphatic rings. The first-order valence-corrected chi connectivity index (χ1v) is 6.58. The van der Waals surface area contributed by atoms with Crippen molar-refractivity contribution in [3.63, 3.8) is 0 Å². The lowest BCUT2D eigenvalue weighted by molar-refractivity contribution is -0.147. The third-order valence-electron chi connectivity index (χ3n) is 2.76. The Kier molecular flexibility index (Phi) is 3.86. The molecule has 0 saturated carbocycles. The van der Waals surface area contributed by atoms with Gasteiger partial charge in [0, 0.05) is 5.75 Å². The van der Waals surface area contributed by atoms with Crippen molar-refractivity contribution in [1.29, 1.82) is 0 Å². The van der Waals surface area contributed by atoms with Crippen LogP contribution in [0.3, 0.4) is 0 Å². The zero-order valence-corrected chi connectivity index (χ0v) is 10.3. The maximum atomic E-state index is 12.7. The minimum absolute atomic E-state index is 0.102. The summed E-state index contributed by atoms with van der Waals surface area (Å²) in [6.07, 6.45) is 0.102. The zero-order valence-electron chi connectivity index (χ0n) is 9.51. The molecule has 1 atom stereocenters. The van der Waals surface area contributed by atoms with E-state index < -0.39 is 12.0 Å². The summed E-state index contributed by atoms with van der Waals surface area (Å²) in [6.45, 7) is 0. The van der Waals surface area contributed by atoms with Crippen LogP contribution in [0.5, 0.6) is 0 Å². The highest BCUT2D eigenvalue weighted by Crippen LogP contribution is 2.22. The topological polar surface area (TPSA) is 57.6 Å². The van der Waals surface area contributed by atoms with E-state index in [0.717, 1.165) is 0 Å². The molecule has 0 aromatic heterocycles. The maximum absolute atomic E-state index is 12.7. The molecule has 2 rings (SSSR count). The number of carbonyl (C=O) groups is 2. The molecule has 1 aromatic carbocycles. The van der Waals surface area contributed by atoms with Crippen molar-refractivity contribution < 1.29 is 19.1 Å². The molecule has 1 N–H and O–H groups in total. The van der Waals surface area contributed by atoms with Crippen LogP contribution in [0.4, 0.5) is 4.39 Å². The molecule has 1 aromatic rings. The van der Waals surface area contributed by atoms with Crippen LogP contribution in [-0.4, -0.2) is 39.6 Å². The first kappa shape index (κ1) is 12.9. The number of amides is 1. The van der Waals surface area contributed by atoms with E-state index in [4.69, 9.17) is 5.11 Å². The minimum atomic E-state index is -0.979. The van der Waals surface area contributed by atoms with Crippen molar-refractivity contribution >= 4 is 23.6 Å². The van der Waals surface area contributed by atoms with Gasteiger partial charge in [-0.05, 0) is 17.7 Å². The fourth-order valence-corrected chi connectivity index (χ4v) is 2.94. The second-order valence-corrected chi connectivity index (χ2v) is 5.02. The fourth-order valence-electron chi connectivity index (χ4n) is 1.77. The number of hydrogen-bond acceptors (Lipinski definition) is 3. The lowest BCUT2D eigenvalue weighted by atomic mass is 10.1. The van der Waals surface area contributed by atoms with Crippen LogP contribution in [0, 0.1) is 5.82 Å². The second kappa shape index (κ2) is 5.39. The van der Waals surface area contributed by atoms with Crippen LogP contribution in [0.1, 0.15) is 5.56 Å². The Bertz CT molecular complexity index is 463. The third-order valence-corrected chi connectivity index (χ3v) is 3.77. The maximum Gasteiger partial charge on any atom is 0.327 e. The number of thioether (sulfide) groups is 1. The molecule has 0 aliphatic carbocycles. The van der Waals surface area contributed by atoms with E-state index in [0.29, 0.717) is 17.2 Å². The van der Waals surface area contributed by atoms with E-state index in [-0.39, 0.29) is 18.1 Å². The van der Waals surface area contributed by atoms with Crippen molar-refractivity contribution in [3.05, 3.63) is 35.6 Å². The number of carboxylic acid groups (broad SMARTS) is 1. The second-order valence-electron chi connectivity index (χ2n) is 4.02. The standard InChI is InChI=1S/C12H12FNO3S/c13-9-3-1-8(2-4-9)5-11(15)14-7-18-6-10(14)12(16)17/h1-4,10H,5-7H2,(H,16,17). The average Bonchev–Trinajstić information content (AvgIpc) is 2.81. The van der Waals surface area contributed by atoms with E-state index in [1.165, 1.54) is 40.9 Å². The van der Waals surface area contributed by atoms with E-state index in [1.807, 2.05) is 0 Å². The van der Waals surface area contributed by atoms with Gasteiger partial charge in [-0.25, -0.2) is 9.18 Å². The fraction of sp³-hybridized carbons (Fsp3) is 0.333. The Morgan fingerprint density at radius 3 is 2.67 bits per heavy atom. The highest BCUT2D eigenvalue weighted by atomic mass is 32.2. The molecule has 96 valence electrons. The Balaban J connectivity index is 2.03. The molecule has 18 heavy (non-hydrogen) atoms. The third kappa shape index (κ3) is 2.81. The Morgan fingerprint density at radius 2 is 2.06 bits per heavy atom. The van der Waals surface area contributed by atoms with Crippen LogP contribution in [0.2, 0.25) is 0 Å². The molecule has 4 nitrogen and oxygen atoms in total. The molecule has 1 amide bonds. The molecule has 0 bridgehead atoms. The molecule has 1 aliphatic heterocycles. The number of hydrogen-bond donors (Lipinski definition) is 1. The number of halogens is 1. The van der Waals surface area contributed by atoms with E-state index in [2.05, 4.69) is 0 Å². The highest BCUT2D eigenvalue weighted by Gasteiger charge is 2.34. The van der Waals surface area contributed by atoms with Crippen LogP contribution in [0.15, 0.2) is 24.3 Å². The van der Waals surface area contributed by atoms with Crippen molar-refractivity contribution in [2.24, 2.45) is 0 Å². The van der Waals surface area contributed by atoms with Crippen LogP contribution >= 0.6 is 11.8 Å². The Morgan fingerprint density at radius 1 is 1.39 bits per heavy atom. The summed E-state index contributed by atoms with van der Waals surface area (Å²) in [7, 11) is 0. The van der Waals surface area contributed by atoms with Crippen molar-refractivity contribution in [2.45, 2.75) is 12.5 Å². The molecular weight excluding hydrogens is 257 g/mol. The SMILES string of the molecule is O=C(O)C1CSCN1C(=O)Cc1ccc(F)cc1. The van der Waals surface area contributed by atoms with Gasteiger partial charge in [0.25, 0.3) is 0 Å². The van der Waals surface area contributed by atoms with Gasteiger partial charge in [0.05, 0.1) is 12.3 Å². The van der Waals surface area contributed by atoms with E-state index in [1.54, 1.807) is 0 Å². The van der Waals surface area contributed by atoms with Gasteiger partial charge >= 0.3 is 5.97 Å². The monoisotopic (exact) mass is 269 g/mol. The van der Waals surface area contributed by atoms with Gasteiger partial charge in [-0.15, -0.1) is 11.8 Å². The molecule has 0 spiro atoms. The summed E-state index contributed by atoms with van der Waals surface area (Å²) in [5.74, 6) is -0.751. The number of benzene rings is 1. The Hall–Kier alpha value is -1.56. The molecule has 1 saturated heterocycles. The predicted octanol–water partition coefficient (Wildman–Crippen LogP) is 1.35. The normalized spacial score (nSPS) is 18.9. The number of nitrogens with zero attached hydrogens (tertiary/aromatic N) is 1. The molecular formula is C12H12FNO3S. The van der Waals surface area contributed by atoms with Gasteiger partial charge in [0.2, 0.25) is 5.91 Å². The largest absolute Gasteiger partial charge is 0.480 e. The first-order chi connectivity index (χ1) is 8.58. The zero-order chi connectivity index (χ0) is 13.1. The van der Waals surface area contributed by atoms with Gasteiger partial charge in [0.15, 0.2) is 0 Å². The van der Waals surface area contributed by atoms with Crippen molar-refractivity contribution in [3.8, 4) is 0 Å². The number of carbonyl (C=O) groups excluding carboxylic acids is 1. The number of carboxylic acids is 1. The molecule has 1 unspecified atom stereocenters. The Labute approximate surface area is 108 Å². The highest BCUT2D eigenvalue weighted by molar-refractivity contribution is 7.99. The van der Waals surface area contributed by atoms with Gasteiger partial charge in [-0.3, -0.25) is 4.79 Å².